The maximum absolute atomic E-state index is 12.4. The fourth-order valence-electron chi connectivity index (χ4n) is 2.36. The van der Waals surface area contributed by atoms with E-state index in [9.17, 15) is 4.79 Å². The van der Waals surface area contributed by atoms with Crippen LogP contribution in [-0.4, -0.2) is 42.6 Å². The summed E-state index contributed by atoms with van der Waals surface area (Å²) in [6.07, 6.45) is 3.64. The number of hydrogen-bond acceptors (Lipinski definition) is 3. The molecule has 4 nitrogen and oxygen atoms in total. The second-order valence-corrected chi connectivity index (χ2v) is 5.02. The van der Waals surface area contributed by atoms with E-state index in [-0.39, 0.29) is 5.91 Å². The fraction of sp³-hybridized carbons (Fsp3) is 0.833. The highest BCUT2D eigenvalue weighted by atomic mass is 32.1. The Labute approximate surface area is 108 Å². The Bertz CT molecular complexity index is 288. The van der Waals surface area contributed by atoms with Crippen LogP contribution in [0.15, 0.2) is 0 Å². The van der Waals surface area contributed by atoms with Crippen LogP contribution in [-0.2, 0) is 9.53 Å². The topological polar surface area (TPSA) is 55.6 Å². The molecule has 1 fully saturated rings. The predicted molar refractivity (Wildman–Crippen MR) is 71.8 cm³/mol. The summed E-state index contributed by atoms with van der Waals surface area (Å²) in [7, 11) is 1.79. The number of carbonyl (C=O) groups is 1. The summed E-state index contributed by atoms with van der Waals surface area (Å²) in [5.41, 5.74) is 5.19. The lowest BCUT2D eigenvalue weighted by Crippen LogP contribution is -2.48. The number of carbonyl (C=O) groups excluding carboxylic acids is 1. The lowest BCUT2D eigenvalue weighted by molar-refractivity contribution is -0.137. The number of nitrogens with two attached hydrogens (primary N) is 1. The maximum atomic E-state index is 12.4. The second-order valence-electron chi connectivity index (χ2n) is 4.58. The molecule has 17 heavy (non-hydrogen) atoms. The number of thiocarbonyl (C=S) groups is 1. The van der Waals surface area contributed by atoms with E-state index in [0.29, 0.717) is 24.7 Å². The normalized spacial score (nSPS) is 18.0. The third-order valence-electron chi connectivity index (χ3n) is 3.46. The second kappa shape index (κ2) is 6.31. The predicted octanol–water partition coefficient (Wildman–Crippen LogP) is 1.33. The van der Waals surface area contributed by atoms with Crippen LogP contribution in [0.1, 0.15) is 32.6 Å². The minimum atomic E-state index is -0.587. The Morgan fingerprint density at radius 3 is 2.53 bits per heavy atom. The van der Waals surface area contributed by atoms with Gasteiger partial charge in [0.2, 0.25) is 5.91 Å². The zero-order chi connectivity index (χ0) is 12.9. The van der Waals surface area contributed by atoms with Crippen molar-refractivity contribution in [2.45, 2.75) is 32.6 Å². The molecule has 2 N–H and O–H groups in total. The van der Waals surface area contributed by atoms with Gasteiger partial charge in [0.05, 0.1) is 17.0 Å². The smallest absolute Gasteiger partial charge is 0.235 e. The number of hydrogen-bond donors (Lipinski definition) is 1. The van der Waals surface area contributed by atoms with Crippen LogP contribution < -0.4 is 5.73 Å². The van der Waals surface area contributed by atoms with E-state index in [1.807, 2.05) is 6.92 Å². The standard InChI is InChI=1S/C12H22N2O2S/c1-3-16-9-8-14(2)11(15)12(10(13)17)6-4-5-7-12/h3-9H2,1-2H3,(H2,13,17). The molecular formula is C12H22N2O2S. The van der Waals surface area contributed by atoms with Crippen molar-refractivity contribution in [3.8, 4) is 0 Å². The molecule has 0 unspecified atom stereocenters. The van der Waals surface area contributed by atoms with Crippen molar-refractivity contribution in [1.82, 2.24) is 4.90 Å². The van der Waals surface area contributed by atoms with Gasteiger partial charge in [0.15, 0.2) is 0 Å². The molecule has 0 aromatic carbocycles. The summed E-state index contributed by atoms with van der Waals surface area (Å²) < 4.78 is 5.25. The first kappa shape index (κ1) is 14.4. The molecule has 0 spiro atoms. The van der Waals surface area contributed by atoms with E-state index in [0.717, 1.165) is 25.7 Å². The molecule has 0 radical (unpaired) electrons. The minimum Gasteiger partial charge on any atom is -0.392 e. The lowest BCUT2D eigenvalue weighted by Gasteiger charge is -2.31. The van der Waals surface area contributed by atoms with E-state index in [4.69, 9.17) is 22.7 Å². The molecule has 98 valence electrons. The molecule has 0 aromatic heterocycles. The quantitative estimate of drug-likeness (QED) is 0.577. The van der Waals surface area contributed by atoms with Gasteiger partial charge >= 0.3 is 0 Å². The van der Waals surface area contributed by atoms with Crippen LogP contribution in [0.25, 0.3) is 0 Å². The largest absolute Gasteiger partial charge is 0.392 e. The summed E-state index contributed by atoms with van der Waals surface area (Å²) in [5.74, 6) is 0.0576. The Hall–Kier alpha value is -0.680. The summed E-state index contributed by atoms with van der Waals surface area (Å²) in [5, 5.41) is 0. The van der Waals surface area contributed by atoms with Gasteiger partial charge in [-0.2, -0.15) is 0 Å². The van der Waals surface area contributed by atoms with Crippen molar-refractivity contribution in [2.75, 3.05) is 26.8 Å². The van der Waals surface area contributed by atoms with Crippen molar-refractivity contribution in [3.63, 3.8) is 0 Å². The number of amides is 1. The Morgan fingerprint density at radius 2 is 2.06 bits per heavy atom. The highest BCUT2D eigenvalue weighted by Crippen LogP contribution is 2.39. The van der Waals surface area contributed by atoms with Crippen molar-refractivity contribution in [3.05, 3.63) is 0 Å². The molecule has 1 rings (SSSR count). The average molecular weight is 258 g/mol. The third-order valence-corrected chi connectivity index (χ3v) is 3.85. The molecule has 1 aliphatic rings. The zero-order valence-electron chi connectivity index (χ0n) is 10.7. The van der Waals surface area contributed by atoms with Crippen LogP contribution in [0.2, 0.25) is 0 Å². The monoisotopic (exact) mass is 258 g/mol. The Kier molecular flexibility index (Phi) is 5.33. The minimum absolute atomic E-state index is 0.0576. The number of nitrogens with zero attached hydrogens (tertiary/aromatic N) is 1. The van der Waals surface area contributed by atoms with Gasteiger partial charge in [0, 0.05) is 20.2 Å². The van der Waals surface area contributed by atoms with Gasteiger partial charge in [-0.3, -0.25) is 4.79 Å². The van der Waals surface area contributed by atoms with Gasteiger partial charge in [-0.15, -0.1) is 0 Å². The number of rotatable bonds is 6. The van der Waals surface area contributed by atoms with Crippen molar-refractivity contribution >= 4 is 23.1 Å². The summed E-state index contributed by atoms with van der Waals surface area (Å²) in [6.45, 7) is 3.76. The first-order valence-corrected chi connectivity index (χ1v) is 6.58. The fourth-order valence-corrected chi connectivity index (χ4v) is 2.65. The van der Waals surface area contributed by atoms with E-state index in [2.05, 4.69) is 0 Å². The molecule has 0 atom stereocenters. The van der Waals surface area contributed by atoms with Gasteiger partial charge in [0.25, 0.3) is 0 Å². The van der Waals surface area contributed by atoms with Gasteiger partial charge < -0.3 is 15.4 Å². The van der Waals surface area contributed by atoms with Gasteiger partial charge in [-0.05, 0) is 19.8 Å². The van der Waals surface area contributed by atoms with Gasteiger partial charge in [-0.1, -0.05) is 25.1 Å². The Balaban J connectivity index is 2.62. The molecule has 0 saturated heterocycles. The summed E-state index contributed by atoms with van der Waals surface area (Å²) in [4.78, 5) is 14.5. The number of likely N-dealkylation sites (N-methyl/N-ethyl adjacent to an activating group) is 1. The number of ether oxygens (including phenoxy) is 1. The molecule has 0 bridgehead atoms. The lowest BCUT2D eigenvalue weighted by atomic mass is 9.84. The molecule has 5 heteroatoms. The molecule has 0 aromatic rings. The van der Waals surface area contributed by atoms with Crippen LogP contribution in [0.3, 0.4) is 0 Å². The first-order valence-electron chi connectivity index (χ1n) is 6.18. The van der Waals surface area contributed by atoms with Crippen LogP contribution in [0.4, 0.5) is 0 Å². The van der Waals surface area contributed by atoms with Crippen LogP contribution >= 0.6 is 12.2 Å². The van der Waals surface area contributed by atoms with E-state index in [1.54, 1.807) is 11.9 Å². The highest BCUT2D eigenvalue weighted by molar-refractivity contribution is 7.80. The summed E-state index contributed by atoms with van der Waals surface area (Å²) >= 11 is 5.10. The third kappa shape index (κ3) is 3.16. The van der Waals surface area contributed by atoms with E-state index >= 15 is 0 Å². The molecule has 0 heterocycles. The van der Waals surface area contributed by atoms with E-state index < -0.39 is 5.41 Å². The molecule has 1 amide bonds. The van der Waals surface area contributed by atoms with Crippen molar-refractivity contribution in [2.24, 2.45) is 11.1 Å². The first-order chi connectivity index (χ1) is 8.04. The van der Waals surface area contributed by atoms with Crippen molar-refractivity contribution < 1.29 is 9.53 Å². The zero-order valence-corrected chi connectivity index (χ0v) is 11.5. The maximum Gasteiger partial charge on any atom is 0.235 e. The van der Waals surface area contributed by atoms with E-state index in [1.165, 1.54) is 0 Å². The highest BCUT2D eigenvalue weighted by Gasteiger charge is 2.45. The molecule has 1 saturated carbocycles. The Morgan fingerprint density at radius 1 is 1.47 bits per heavy atom. The van der Waals surface area contributed by atoms with Gasteiger partial charge in [-0.25, -0.2) is 0 Å². The summed E-state index contributed by atoms with van der Waals surface area (Å²) in [6, 6.07) is 0. The molecule has 1 aliphatic carbocycles. The molecule has 0 aliphatic heterocycles. The van der Waals surface area contributed by atoms with Gasteiger partial charge in [0.1, 0.15) is 0 Å². The average Bonchev–Trinajstić information content (AvgIpc) is 2.78. The SMILES string of the molecule is CCOCCN(C)C(=O)C1(C(N)=S)CCCC1. The van der Waals surface area contributed by atoms with Crippen LogP contribution in [0, 0.1) is 5.41 Å². The van der Waals surface area contributed by atoms with Crippen molar-refractivity contribution in [1.29, 1.82) is 0 Å². The van der Waals surface area contributed by atoms with Crippen LogP contribution in [0.5, 0.6) is 0 Å². The molecular weight excluding hydrogens is 236 g/mol.